The molecule has 0 saturated heterocycles. The first-order valence-electron chi connectivity index (χ1n) is 5.55. The third-order valence-corrected chi connectivity index (χ3v) is 7.67. The summed E-state index contributed by atoms with van der Waals surface area (Å²) < 4.78 is 5.83. The number of amides is 1. The van der Waals surface area contributed by atoms with Gasteiger partial charge in [-0.15, -0.1) is 0 Å². The van der Waals surface area contributed by atoms with Gasteiger partial charge in [0.1, 0.15) is 11.8 Å². The Morgan fingerprint density at radius 1 is 1.35 bits per heavy atom. The lowest BCUT2D eigenvalue weighted by molar-refractivity contribution is -0.113. The highest BCUT2D eigenvalue weighted by Crippen LogP contribution is 2.36. The number of carbonyl (C=O) groups excluding carboxylic acids is 1. The molecule has 6 heteroatoms. The molecule has 100 valence electrons. The summed E-state index contributed by atoms with van der Waals surface area (Å²) in [6.07, 6.45) is -0.646. The largest absolute Gasteiger partial charge is 0.465 e. The van der Waals surface area contributed by atoms with Gasteiger partial charge in [-0.2, -0.15) is 0 Å². The second-order valence-electron chi connectivity index (χ2n) is 6.01. The van der Waals surface area contributed by atoms with Crippen molar-refractivity contribution in [3.8, 4) is 0 Å². The maximum absolute atomic E-state index is 10.9. The van der Waals surface area contributed by atoms with Crippen molar-refractivity contribution in [1.29, 1.82) is 0 Å². The molecule has 1 unspecified atom stereocenters. The molecule has 1 atom stereocenters. The van der Waals surface area contributed by atoms with Crippen LogP contribution in [0.2, 0.25) is 18.1 Å². The number of aldehydes is 1. The van der Waals surface area contributed by atoms with E-state index in [9.17, 15) is 9.59 Å². The highest BCUT2D eigenvalue weighted by Gasteiger charge is 2.39. The molecule has 0 aromatic heterocycles. The summed E-state index contributed by atoms with van der Waals surface area (Å²) in [6, 6.07) is 0. The lowest BCUT2D eigenvalue weighted by Crippen LogP contribution is -2.54. The van der Waals surface area contributed by atoms with E-state index < -0.39 is 19.9 Å². The fourth-order valence-corrected chi connectivity index (χ4v) is 1.98. The number of hydrogen-bond acceptors (Lipinski definition) is 3. The number of carboxylic acid groups (broad SMARTS) is 1. The van der Waals surface area contributed by atoms with Crippen molar-refractivity contribution >= 4 is 20.7 Å². The van der Waals surface area contributed by atoms with Gasteiger partial charge in [-0.3, -0.25) is 0 Å². The van der Waals surface area contributed by atoms with Gasteiger partial charge in [0, 0.05) is 0 Å². The van der Waals surface area contributed by atoms with Crippen molar-refractivity contribution in [3.05, 3.63) is 0 Å². The molecular formula is C11H23NO4Si. The third kappa shape index (κ3) is 4.87. The van der Waals surface area contributed by atoms with E-state index >= 15 is 0 Å². The number of nitrogens with one attached hydrogen (secondary N) is 1. The van der Waals surface area contributed by atoms with Crippen LogP contribution in [0.15, 0.2) is 0 Å². The summed E-state index contributed by atoms with van der Waals surface area (Å²) in [5, 5.41) is 10.9. The van der Waals surface area contributed by atoms with Gasteiger partial charge in [0.2, 0.25) is 0 Å². The molecular weight excluding hydrogens is 238 g/mol. The molecule has 0 aliphatic rings. The van der Waals surface area contributed by atoms with E-state index in [1.807, 2.05) is 0 Å². The van der Waals surface area contributed by atoms with Crippen LogP contribution >= 0.6 is 0 Å². The van der Waals surface area contributed by atoms with Crippen molar-refractivity contribution in [2.24, 2.45) is 0 Å². The monoisotopic (exact) mass is 261 g/mol. The topological polar surface area (TPSA) is 75.6 Å². The van der Waals surface area contributed by atoms with E-state index in [2.05, 4.69) is 39.2 Å². The quantitative estimate of drug-likeness (QED) is 0.588. The third-order valence-electron chi connectivity index (χ3n) is 3.19. The van der Waals surface area contributed by atoms with Gasteiger partial charge in [0.15, 0.2) is 8.32 Å². The van der Waals surface area contributed by atoms with E-state index in [4.69, 9.17) is 9.53 Å². The molecule has 0 fully saturated rings. The van der Waals surface area contributed by atoms with Crippen LogP contribution in [0.25, 0.3) is 0 Å². The molecule has 5 nitrogen and oxygen atoms in total. The SMILES string of the molecule is CC(C=O)(CO[Si](C)(C)C(C)(C)C)NC(=O)O. The molecule has 0 spiro atoms. The van der Waals surface area contributed by atoms with Crippen LogP contribution in [-0.4, -0.2) is 37.9 Å². The molecule has 0 bridgehead atoms. The van der Waals surface area contributed by atoms with Crippen LogP contribution < -0.4 is 5.32 Å². The predicted octanol–water partition coefficient (Wildman–Crippen LogP) is 2.23. The van der Waals surface area contributed by atoms with Gasteiger partial charge in [-0.25, -0.2) is 4.79 Å². The minimum absolute atomic E-state index is 0.0278. The van der Waals surface area contributed by atoms with E-state index in [1.165, 1.54) is 6.92 Å². The zero-order valence-electron chi connectivity index (χ0n) is 11.5. The summed E-state index contributed by atoms with van der Waals surface area (Å²) in [5.74, 6) is 0. The number of hydrogen-bond donors (Lipinski definition) is 2. The molecule has 17 heavy (non-hydrogen) atoms. The van der Waals surface area contributed by atoms with Crippen molar-refractivity contribution in [2.45, 2.75) is 51.4 Å². The van der Waals surface area contributed by atoms with Gasteiger partial charge >= 0.3 is 6.09 Å². The lowest BCUT2D eigenvalue weighted by atomic mass is 10.1. The second kappa shape index (κ2) is 5.18. The normalized spacial score (nSPS) is 16.1. The average Bonchev–Trinajstić information content (AvgIpc) is 2.12. The van der Waals surface area contributed by atoms with Crippen molar-refractivity contribution in [2.75, 3.05) is 6.61 Å². The first-order valence-corrected chi connectivity index (χ1v) is 8.46. The fourth-order valence-electron chi connectivity index (χ4n) is 0.891. The maximum Gasteiger partial charge on any atom is 0.405 e. The summed E-state index contributed by atoms with van der Waals surface area (Å²) in [5.41, 5.74) is -1.18. The van der Waals surface area contributed by atoms with E-state index in [0.29, 0.717) is 6.29 Å². The van der Waals surface area contributed by atoms with Crippen LogP contribution in [-0.2, 0) is 9.22 Å². The van der Waals surface area contributed by atoms with Gasteiger partial charge in [-0.05, 0) is 25.1 Å². The van der Waals surface area contributed by atoms with Gasteiger partial charge in [0.25, 0.3) is 0 Å². The Kier molecular flexibility index (Phi) is 4.91. The zero-order valence-corrected chi connectivity index (χ0v) is 12.5. The Hall–Kier alpha value is -0.883. The molecule has 0 rings (SSSR count). The molecule has 0 aliphatic heterocycles. The molecule has 0 aromatic rings. The van der Waals surface area contributed by atoms with Crippen LogP contribution in [0.5, 0.6) is 0 Å². The Morgan fingerprint density at radius 3 is 2.12 bits per heavy atom. The molecule has 0 aliphatic carbocycles. The summed E-state index contributed by atoms with van der Waals surface area (Å²) in [4.78, 5) is 21.5. The predicted molar refractivity (Wildman–Crippen MR) is 68.8 cm³/mol. The molecule has 1 amide bonds. The molecule has 0 heterocycles. The van der Waals surface area contributed by atoms with E-state index in [0.717, 1.165) is 0 Å². The Bertz CT molecular complexity index is 298. The van der Waals surface area contributed by atoms with Crippen LogP contribution in [0.4, 0.5) is 4.79 Å². The molecule has 0 aromatic carbocycles. The van der Waals surface area contributed by atoms with Gasteiger partial charge in [0.05, 0.1) is 6.61 Å². The van der Waals surface area contributed by atoms with Crippen LogP contribution in [0, 0.1) is 0 Å². The zero-order chi connectivity index (χ0) is 13.9. The molecule has 0 radical (unpaired) electrons. The average molecular weight is 261 g/mol. The highest BCUT2D eigenvalue weighted by molar-refractivity contribution is 6.74. The smallest absolute Gasteiger partial charge is 0.405 e. The van der Waals surface area contributed by atoms with Crippen molar-refractivity contribution in [3.63, 3.8) is 0 Å². The van der Waals surface area contributed by atoms with Gasteiger partial charge < -0.3 is 19.6 Å². The van der Waals surface area contributed by atoms with E-state index in [-0.39, 0.29) is 11.6 Å². The second-order valence-corrected chi connectivity index (χ2v) is 10.8. The first-order chi connectivity index (χ1) is 7.43. The summed E-state index contributed by atoms with van der Waals surface area (Å²) >= 11 is 0. The summed E-state index contributed by atoms with van der Waals surface area (Å²) in [6.45, 7) is 11.9. The number of rotatable bonds is 5. The maximum atomic E-state index is 10.9. The number of carbonyl (C=O) groups is 2. The summed E-state index contributed by atoms with van der Waals surface area (Å²) in [7, 11) is -1.97. The van der Waals surface area contributed by atoms with Crippen LogP contribution in [0.1, 0.15) is 27.7 Å². The van der Waals surface area contributed by atoms with Crippen molar-refractivity contribution < 1.29 is 19.1 Å². The first kappa shape index (κ1) is 16.1. The Balaban J connectivity index is 4.63. The van der Waals surface area contributed by atoms with Crippen LogP contribution in [0.3, 0.4) is 0 Å². The Labute approximate surface area is 104 Å². The minimum atomic E-state index is -1.97. The standard InChI is InChI=1S/C11H23NO4Si/c1-10(2,3)17(5,6)16-8-11(4,7-13)12-9(14)15/h7,12H,8H2,1-6H3,(H,14,15). The Morgan fingerprint density at radius 2 is 1.82 bits per heavy atom. The van der Waals surface area contributed by atoms with Crippen molar-refractivity contribution in [1.82, 2.24) is 5.32 Å². The molecule has 2 N–H and O–H groups in total. The molecule has 0 saturated carbocycles. The van der Waals surface area contributed by atoms with E-state index in [1.54, 1.807) is 0 Å². The van der Waals surface area contributed by atoms with Gasteiger partial charge in [-0.1, -0.05) is 20.8 Å². The minimum Gasteiger partial charge on any atom is -0.465 e. The lowest BCUT2D eigenvalue weighted by Gasteiger charge is -2.38. The highest BCUT2D eigenvalue weighted by atomic mass is 28.4. The fraction of sp³-hybridized carbons (Fsp3) is 0.818.